The van der Waals surface area contributed by atoms with Gasteiger partial charge in [-0.05, 0) is 25.0 Å². The molecule has 1 aliphatic carbocycles. The lowest BCUT2D eigenvalue weighted by molar-refractivity contribution is -0.387. The van der Waals surface area contributed by atoms with Crippen molar-refractivity contribution in [1.82, 2.24) is 4.72 Å². The Morgan fingerprint density at radius 3 is 2.38 bits per heavy atom. The highest BCUT2D eigenvalue weighted by atomic mass is 32.2. The summed E-state index contributed by atoms with van der Waals surface area (Å²) in [5, 5.41) is 11.0. The second-order valence-electron chi connectivity index (χ2n) is 5.29. The van der Waals surface area contributed by atoms with Gasteiger partial charge in [0.05, 0.1) is 4.92 Å². The zero-order valence-electron chi connectivity index (χ0n) is 11.6. The minimum Gasteiger partial charge on any atom is -0.399 e. The van der Waals surface area contributed by atoms with Gasteiger partial charge in [0, 0.05) is 17.8 Å². The van der Waals surface area contributed by atoms with Gasteiger partial charge in [0.25, 0.3) is 5.69 Å². The zero-order valence-corrected chi connectivity index (χ0v) is 12.4. The Bertz CT molecular complexity index is 622. The Balaban J connectivity index is 2.30. The van der Waals surface area contributed by atoms with Crippen LogP contribution in [0.25, 0.3) is 0 Å². The minimum absolute atomic E-state index is 0.168. The van der Waals surface area contributed by atoms with Crippen molar-refractivity contribution in [1.29, 1.82) is 0 Å². The van der Waals surface area contributed by atoms with Crippen LogP contribution in [-0.2, 0) is 10.0 Å². The molecule has 116 valence electrons. The van der Waals surface area contributed by atoms with Gasteiger partial charge in [-0.25, -0.2) is 13.1 Å². The molecule has 1 fully saturated rings. The molecule has 2 rings (SSSR count). The first-order valence-corrected chi connectivity index (χ1v) is 8.45. The molecule has 21 heavy (non-hydrogen) atoms. The van der Waals surface area contributed by atoms with Crippen molar-refractivity contribution in [2.75, 3.05) is 5.73 Å². The van der Waals surface area contributed by atoms with Crippen LogP contribution in [0.2, 0.25) is 0 Å². The van der Waals surface area contributed by atoms with E-state index in [4.69, 9.17) is 5.73 Å². The molecule has 0 bridgehead atoms. The molecule has 0 amide bonds. The van der Waals surface area contributed by atoms with Gasteiger partial charge in [-0.2, -0.15) is 0 Å². The van der Waals surface area contributed by atoms with E-state index in [1.807, 2.05) is 0 Å². The first-order valence-electron chi connectivity index (χ1n) is 6.96. The topological polar surface area (TPSA) is 115 Å². The Hall–Kier alpha value is -1.67. The van der Waals surface area contributed by atoms with E-state index in [0.29, 0.717) is 0 Å². The lowest BCUT2D eigenvalue weighted by Gasteiger charge is -2.16. The Morgan fingerprint density at radius 1 is 1.19 bits per heavy atom. The average Bonchev–Trinajstić information content (AvgIpc) is 2.66. The highest BCUT2D eigenvalue weighted by Gasteiger charge is 2.28. The molecule has 0 saturated heterocycles. The Labute approximate surface area is 123 Å². The number of nitrogen functional groups attached to an aromatic ring is 1. The monoisotopic (exact) mass is 313 g/mol. The second kappa shape index (κ2) is 6.40. The van der Waals surface area contributed by atoms with Crippen LogP contribution in [0, 0.1) is 10.1 Å². The van der Waals surface area contributed by atoms with E-state index in [2.05, 4.69) is 4.72 Å². The van der Waals surface area contributed by atoms with Crippen molar-refractivity contribution in [3.63, 3.8) is 0 Å². The predicted molar refractivity (Wildman–Crippen MR) is 79.3 cm³/mol. The third kappa shape index (κ3) is 3.92. The summed E-state index contributed by atoms with van der Waals surface area (Å²) in [5.74, 6) is 0. The van der Waals surface area contributed by atoms with Gasteiger partial charge in [0.2, 0.25) is 10.0 Å². The molecule has 1 aromatic carbocycles. The van der Waals surface area contributed by atoms with E-state index in [1.165, 1.54) is 6.07 Å². The molecule has 1 aromatic rings. The fourth-order valence-electron chi connectivity index (χ4n) is 2.58. The highest BCUT2D eigenvalue weighted by Crippen LogP contribution is 2.27. The molecular formula is C13H19N3O4S. The van der Waals surface area contributed by atoms with Crippen LogP contribution in [0.3, 0.4) is 0 Å². The fraction of sp³-hybridized carbons (Fsp3) is 0.538. The lowest BCUT2D eigenvalue weighted by Crippen LogP contribution is -2.34. The van der Waals surface area contributed by atoms with Gasteiger partial charge < -0.3 is 5.73 Å². The van der Waals surface area contributed by atoms with Crippen molar-refractivity contribution in [2.24, 2.45) is 0 Å². The highest BCUT2D eigenvalue weighted by molar-refractivity contribution is 7.89. The number of nitrogens with two attached hydrogens (primary N) is 1. The number of rotatable bonds is 4. The average molecular weight is 313 g/mol. The molecule has 0 atom stereocenters. The van der Waals surface area contributed by atoms with Crippen LogP contribution in [-0.4, -0.2) is 19.4 Å². The Morgan fingerprint density at radius 2 is 1.81 bits per heavy atom. The third-order valence-corrected chi connectivity index (χ3v) is 5.20. The normalized spacial score (nSPS) is 17.3. The van der Waals surface area contributed by atoms with E-state index in [1.54, 1.807) is 0 Å². The van der Waals surface area contributed by atoms with E-state index in [0.717, 1.165) is 50.7 Å². The first-order chi connectivity index (χ1) is 9.90. The summed E-state index contributed by atoms with van der Waals surface area (Å²) in [4.78, 5) is 9.93. The van der Waals surface area contributed by atoms with Crippen molar-refractivity contribution in [3.8, 4) is 0 Å². The SMILES string of the molecule is Nc1ccc([N+](=O)[O-])c(S(=O)(=O)NC2CCCCCC2)c1. The number of hydrogen-bond acceptors (Lipinski definition) is 5. The quantitative estimate of drug-likeness (QED) is 0.382. The van der Waals surface area contributed by atoms with Crippen LogP contribution in [0.4, 0.5) is 11.4 Å². The molecule has 0 aromatic heterocycles. The standard InChI is InChI=1S/C13H19N3O4S/c14-10-7-8-12(16(17)18)13(9-10)21(19,20)15-11-5-3-1-2-4-6-11/h7-9,11,15H,1-6,14H2. The summed E-state index contributed by atoms with van der Waals surface area (Å²) in [6.07, 6.45) is 5.64. The maximum Gasteiger partial charge on any atom is 0.289 e. The number of benzene rings is 1. The molecule has 1 aliphatic rings. The fourth-order valence-corrected chi connectivity index (χ4v) is 4.09. The molecule has 0 heterocycles. The summed E-state index contributed by atoms with van der Waals surface area (Å²) in [6, 6.07) is 3.41. The summed E-state index contributed by atoms with van der Waals surface area (Å²) >= 11 is 0. The van der Waals surface area contributed by atoms with E-state index >= 15 is 0 Å². The number of nitrogens with zero attached hydrogens (tertiary/aromatic N) is 1. The number of nitro groups is 1. The summed E-state index contributed by atoms with van der Waals surface area (Å²) in [5.41, 5.74) is 5.30. The summed E-state index contributed by atoms with van der Waals surface area (Å²) in [7, 11) is -3.95. The van der Waals surface area contributed by atoms with Gasteiger partial charge in [0.15, 0.2) is 4.90 Å². The largest absolute Gasteiger partial charge is 0.399 e. The molecule has 0 spiro atoms. The molecule has 0 unspecified atom stereocenters. The van der Waals surface area contributed by atoms with Crippen LogP contribution in [0.15, 0.2) is 23.1 Å². The lowest BCUT2D eigenvalue weighted by atomic mass is 10.1. The van der Waals surface area contributed by atoms with E-state index in [-0.39, 0.29) is 16.6 Å². The van der Waals surface area contributed by atoms with E-state index in [9.17, 15) is 18.5 Å². The number of hydrogen-bond donors (Lipinski definition) is 2. The number of sulfonamides is 1. The molecule has 0 aliphatic heterocycles. The van der Waals surface area contributed by atoms with Crippen molar-refractivity contribution in [2.45, 2.75) is 49.5 Å². The number of anilines is 1. The zero-order chi connectivity index (χ0) is 15.5. The van der Waals surface area contributed by atoms with Crippen LogP contribution < -0.4 is 10.5 Å². The van der Waals surface area contributed by atoms with Gasteiger partial charge >= 0.3 is 0 Å². The second-order valence-corrected chi connectivity index (χ2v) is 6.98. The molecule has 8 heteroatoms. The smallest absolute Gasteiger partial charge is 0.289 e. The van der Waals surface area contributed by atoms with Crippen molar-refractivity contribution in [3.05, 3.63) is 28.3 Å². The van der Waals surface area contributed by atoms with Gasteiger partial charge in [0.1, 0.15) is 0 Å². The van der Waals surface area contributed by atoms with E-state index < -0.39 is 20.6 Å². The first kappa shape index (κ1) is 15.7. The molecular weight excluding hydrogens is 294 g/mol. The molecule has 0 radical (unpaired) electrons. The van der Waals surface area contributed by atoms with Crippen LogP contribution in [0.1, 0.15) is 38.5 Å². The number of nitrogens with one attached hydrogen (secondary N) is 1. The molecule has 3 N–H and O–H groups in total. The Kier molecular flexibility index (Phi) is 4.79. The molecule has 1 saturated carbocycles. The van der Waals surface area contributed by atoms with Crippen LogP contribution in [0.5, 0.6) is 0 Å². The van der Waals surface area contributed by atoms with Crippen molar-refractivity contribution < 1.29 is 13.3 Å². The van der Waals surface area contributed by atoms with Gasteiger partial charge in [-0.1, -0.05) is 25.7 Å². The maximum atomic E-state index is 12.4. The van der Waals surface area contributed by atoms with Gasteiger partial charge in [-0.3, -0.25) is 10.1 Å². The minimum atomic E-state index is -3.95. The van der Waals surface area contributed by atoms with Crippen molar-refractivity contribution >= 4 is 21.4 Å². The predicted octanol–water partition coefficient (Wildman–Crippen LogP) is 2.18. The van der Waals surface area contributed by atoms with Gasteiger partial charge in [-0.15, -0.1) is 0 Å². The third-order valence-electron chi connectivity index (χ3n) is 3.65. The summed E-state index contributed by atoms with van der Waals surface area (Å²) in [6.45, 7) is 0. The van der Waals surface area contributed by atoms with Crippen LogP contribution >= 0.6 is 0 Å². The maximum absolute atomic E-state index is 12.4. The molecule has 7 nitrogen and oxygen atoms in total. The number of nitro benzene ring substituents is 1. The summed E-state index contributed by atoms with van der Waals surface area (Å²) < 4.78 is 27.4.